The highest BCUT2D eigenvalue weighted by atomic mass is 16.7. The monoisotopic (exact) mass is 356 g/mol. The van der Waals surface area contributed by atoms with Gasteiger partial charge in [-0.3, -0.25) is 4.79 Å². The van der Waals surface area contributed by atoms with Crippen LogP contribution in [0.25, 0.3) is 0 Å². The van der Waals surface area contributed by atoms with Crippen LogP contribution in [0.4, 0.5) is 0 Å². The molecule has 0 unspecified atom stereocenters. The average molecular weight is 356 g/mol. The minimum Gasteiger partial charge on any atom is -0.484 e. The molecule has 2 aliphatic heterocycles. The van der Waals surface area contributed by atoms with Crippen molar-refractivity contribution in [2.75, 3.05) is 13.3 Å². The van der Waals surface area contributed by atoms with Crippen molar-refractivity contribution in [3.63, 3.8) is 0 Å². The molecule has 1 aromatic heterocycles. The zero-order valence-corrected chi connectivity index (χ0v) is 14.7. The topological polar surface area (TPSA) is 74.0 Å². The van der Waals surface area contributed by atoms with Crippen LogP contribution < -0.4 is 14.2 Å². The highest BCUT2D eigenvalue weighted by molar-refractivity contribution is 5.92. The second-order valence-electron chi connectivity index (χ2n) is 6.55. The van der Waals surface area contributed by atoms with Crippen LogP contribution in [-0.4, -0.2) is 35.2 Å². The second kappa shape index (κ2) is 6.74. The number of ether oxygens (including phenoxy) is 3. The molecule has 2 aromatic rings. The van der Waals surface area contributed by atoms with E-state index in [-0.39, 0.29) is 25.3 Å². The molecule has 26 heavy (non-hydrogen) atoms. The van der Waals surface area contributed by atoms with E-state index >= 15 is 0 Å². The Morgan fingerprint density at radius 2 is 2.19 bits per heavy atom. The van der Waals surface area contributed by atoms with Crippen molar-refractivity contribution in [1.29, 1.82) is 0 Å². The fourth-order valence-corrected chi connectivity index (χ4v) is 3.07. The van der Waals surface area contributed by atoms with Crippen LogP contribution in [0.1, 0.15) is 30.2 Å². The number of hydrogen-bond donors (Lipinski definition) is 0. The summed E-state index contributed by atoms with van der Waals surface area (Å²) in [6.45, 7) is 5.12. The van der Waals surface area contributed by atoms with Gasteiger partial charge in [-0.25, -0.2) is 4.98 Å². The molecule has 0 saturated carbocycles. The second-order valence-corrected chi connectivity index (χ2v) is 6.55. The number of rotatable bonds is 5. The predicted molar refractivity (Wildman–Crippen MR) is 92.2 cm³/mol. The first kappa shape index (κ1) is 16.5. The number of oxazole rings is 1. The molecule has 4 rings (SSSR count). The molecule has 7 heteroatoms. The van der Waals surface area contributed by atoms with Crippen molar-refractivity contribution < 1.29 is 23.4 Å². The summed E-state index contributed by atoms with van der Waals surface area (Å²) in [4.78, 5) is 18.7. The van der Waals surface area contributed by atoms with E-state index in [9.17, 15) is 4.79 Å². The number of carbonyl (C=O) groups is 1. The fraction of sp³-hybridized carbons (Fsp3) is 0.368. The Hall–Kier alpha value is -2.96. The summed E-state index contributed by atoms with van der Waals surface area (Å²) in [5.74, 6) is 2.51. The Balaban J connectivity index is 1.39. The first-order valence-electron chi connectivity index (χ1n) is 8.56. The van der Waals surface area contributed by atoms with Crippen LogP contribution in [0.5, 0.6) is 17.2 Å². The molecular formula is C19H20N2O5. The van der Waals surface area contributed by atoms with Crippen molar-refractivity contribution in [2.45, 2.75) is 26.5 Å². The molecule has 2 aliphatic rings. The van der Waals surface area contributed by atoms with Gasteiger partial charge in [0.25, 0.3) is 5.91 Å². The van der Waals surface area contributed by atoms with Crippen LogP contribution in [0.3, 0.4) is 0 Å². The Kier molecular flexibility index (Phi) is 4.28. The maximum atomic E-state index is 12.7. The van der Waals surface area contributed by atoms with Gasteiger partial charge >= 0.3 is 0 Å². The van der Waals surface area contributed by atoms with Crippen LogP contribution in [0, 0.1) is 5.92 Å². The van der Waals surface area contributed by atoms with Crippen LogP contribution in [0.15, 0.2) is 41.0 Å². The minimum atomic E-state index is -0.133. The molecule has 136 valence electrons. The van der Waals surface area contributed by atoms with Gasteiger partial charge in [0.15, 0.2) is 23.8 Å². The van der Waals surface area contributed by atoms with Gasteiger partial charge in [0.05, 0.1) is 6.04 Å². The lowest BCUT2D eigenvalue weighted by Gasteiger charge is -2.26. The zero-order chi connectivity index (χ0) is 18.1. The van der Waals surface area contributed by atoms with Gasteiger partial charge < -0.3 is 23.5 Å². The zero-order valence-electron chi connectivity index (χ0n) is 14.7. The van der Waals surface area contributed by atoms with Crippen molar-refractivity contribution in [3.8, 4) is 17.2 Å². The van der Waals surface area contributed by atoms with Gasteiger partial charge in [0.1, 0.15) is 12.0 Å². The third-order valence-corrected chi connectivity index (χ3v) is 4.42. The molecular weight excluding hydrogens is 336 g/mol. The normalized spacial score (nSPS) is 18.0. The molecule has 1 aromatic carbocycles. The standard InChI is InChI=1S/C19H20N2O5/c1-12(2)15-4-3-7-21(15)19(22)14-9-24-18(20-14)10-23-13-5-6-16-17(8-13)26-11-25-16/h3-6,8-9,12,15H,7,10-11H2,1-2H3/t15-/m1/s1. The van der Waals surface area contributed by atoms with Crippen LogP contribution >= 0.6 is 0 Å². The van der Waals surface area contributed by atoms with Gasteiger partial charge in [-0.2, -0.15) is 0 Å². The van der Waals surface area contributed by atoms with E-state index in [4.69, 9.17) is 18.6 Å². The van der Waals surface area contributed by atoms with Gasteiger partial charge in [-0.15, -0.1) is 0 Å². The fourth-order valence-electron chi connectivity index (χ4n) is 3.07. The molecule has 7 nitrogen and oxygen atoms in total. The first-order chi connectivity index (χ1) is 12.6. The summed E-state index contributed by atoms with van der Waals surface area (Å²) in [5.41, 5.74) is 0.295. The van der Waals surface area contributed by atoms with Gasteiger partial charge in [0, 0.05) is 12.6 Å². The summed E-state index contributed by atoms with van der Waals surface area (Å²) in [6, 6.07) is 5.41. The number of nitrogens with zero attached hydrogens (tertiary/aromatic N) is 2. The van der Waals surface area contributed by atoms with Crippen molar-refractivity contribution in [2.24, 2.45) is 5.92 Å². The van der Waals surface area contributed by atoms with Gasteiger partial charge in [0.2, 0.25) is 12.7 Å². The predicted octanol–water partition coefficient (Wildman–Crippen LogP) is 3.02. The number of benzene rings is 1. The van der Waals surface area contributed by atoms with E-state index in [2.05, 4.69) is 24.9 Å². The van der Waals surface area contributed by atoms with Crippen molar-refractivity contribution in [3.05, 3.63) is 48.2 Å². The average Bonchev–Trinajstić information content (AvgIpc) is 3.38. The minimum absolute atomic E-state index is 0.0903. The number of aromatic nitrogens is 1. The first-order valence-corrected chi connectivity index (χ1v) is 8.56. The molecule has 3 heterocycles. The number of hydrogen-bond acceptors (Lipinski definition) is 6. The lowest BCUT2D eigenvalue weighted by atomic mass is 10.0. The van der Waals surface area contributed by atoms with E-state index in [0.29, 0.717) is 41.3 Å². The van der Waals surface area contributed by atoms with E-state index in [0.717, 1.165) is 0 Å². The maximum Gasteiger partial charge on any atom is 0.276 e. The molecule has 0 saturated heterocycles. The molecule has 0 bridgehead atoms. The van der Waals surface area contributed by atoms with E-state index < -0.39 is 0 Å². The third-order valence-electron chi connectivity index (χ3n) is 4.42. The van der Waals surface area contributed by atoms with E-state index in [1.807, 2.05) is 6.08 Å². The highest BCUT2D eigenvalue weighted by Crippen LogP contribution is 2.35. The van der Waals surface area contributed by atoms with E-state index in [1.54, 1.807) is 23.1 Å². The Morgan fingerprint density at radius 1 is 1.35 bits per heavy atom. The smallest absolute Gasteiger partial charge is 0.276 e. The Bertz CT molecular complexity index is 842. The molecule has 1 amide bonds. The van der Waals surface area contributed by atoms with Gasteiger partial charge in [-0.05, 0) is 18.1 Å². The summed E-state index contributed by atoms with van der Waals surface area (Å²) in [7, 11) is 0. The number of amides is 1. The lowest BCUT2D eigenvalue weighted by Crippen LogP contribution is -2.39. The molecule has 0 spiro atoms. The maximum absolute atomic E-state index is 12.7. The summed E-state index contributed by atoms with van der Waals surface area (Å²) in [5, 5.41) is 0. The molecule has 0 N–H and O–H groups in total. The third kappa shape index (κ3) is 3.12. The Morgan fingerprint density at radius 3 is 3.04 bits per heavy atom. The molecule has 1 atom stereocenters. The summed E-state index contributed by atoms with van der Waals surface area (Å²) in [6.07, 6.45) is 5.45. The molecule has 0 aliphatic carbocycles. The Labute approximate surface area is 151 Å². The van der Waals surface area contributed by atoms with Crippen LogP contribution in [0.2, 0.25) is 0 Å². The highest BCUT2D eigenvalue weighted by Gasteiger charge is 2.29. The number of fused-ring (bicyclic) bond motifs is 1. The van der Waals surface area contributed by atoms with Crippen molar-refractivity contribution in [1.82, 2.24) is 9.88 Å². The lowest BCUT2D eigenvalue weighted by molar-refractivity contribution is 0.0714. The molecule has 0 fully saturated rings. The van der Waals surface area contributed by atoms with Crippen molar-refractivity contribution >= 4 is 5.91 Å². The largest absolute Gasteiger partial charge is 0.484 e. The SMILES string of the molecule is CC(C)[C@H]1C=CCN1C(=O)c1coc(COc2ccc3c(c2)OCO3)n1. The quantitative estimate of drug-likeness (QED) is 0.767. The van der Waals surface area contributed by atoms with Crippen LogP contribution in [-0.2, 0) is 6.61 Å². The molecule has 0 radical (unpaired) electrons. The summed E-state index contributed by atoms with van der Waals surface area (Å²) >= 11 is 0. The van der Waals surface area contributed by atoms with E-state index in [1.165, 1.54) is 6.26 Å². The van der Waals surface area contributed by atoms with Gasteiger partial charge in [-0.1, -0.05) is 26.0 Å². The number of carbonyl (C=O) groups excluding carboxylic acids is 1. The summed E-state index contributed by atoms with van der Waals surface area (Å²) < 4.78 is 21.6.